The molecule has 20 heavy (non-hydrogen) atoms. The fourth-order valence-corrected chi connectivity index (χ4v) is 2.05. The summed E-state index contributed by atoms with van der Waals surface area (Å²) in [6.45, 7) is 11.5. The Bertz CT molecular complexity index is 319. The van der Waals surface area contributed by atoms with Crippen LogP contribution < -0.4 is 0 Å². The molecule has 0 aromatic carbocycles. The molecule has 4 nitrogen and oxygen atoms in total. The van der Waals surface area contributed by atoms with Crippen molar-refractivity contribution in [1.29, 1.82) is 0 Å². The van der Waals surface area contributed by atoms with Crippen LogP contribution >= 0.6 is 0 Å². The van der Waals surface area contributed by atoms with Gasteiger partial charge in [-0.1, -0.05) is 26.7 Å². The zero-order valence-corrected chi connectivity index (χ0v) is 13.6. The fourth-order valence-electron chi connectivity index (χ4n) is 2.05. The normalized spacial score (nSPS) is 12.5. The van der Waals surface area contributed by atoms with Crippen molar-refractivity contribution in [3.05, 3.63) is 12.2 Å². The Balaban J connectivity index is 4.35. The monoisotopic (exact) mass is 284 g/mol. The molecule has 4 heteroatoms. The molecule has 0 aliphatic heterocycles. The molecule has 0 unspecified atom stereocenters. The summed E-state index contributed by atoms with van der Waals surface area (Å²) in [5.41, 5.74) is -1.02. The van der Waals surface area contributed by atoms with Crippen LogP contribution in [0.4, 0.5) is 0 Å². The van der Waals surface area contributed by atoms with Crippen molar-refractivity contribution >= 4 is 11.9 Å². The average Bonchev–Trinajstić information content (AvgIpc) is 2.24. The topological polar surface area (TPSA) is 52.6 Å². The second-order valence-corrected chi connectivity index (χ2v) is 6.19. The molecule has 0 heterocycles. The van der Waals surface area contributed by atoms with Crippen molar-refractivity contribution in [2.24, 2.45) is 0 Å². The van der Waals surface area contributed by atoms with E-state index in [-0.39, 0.29) is 0 Å². The van der Waals surface area contributed by atoms with E-state index >= 15 is 0 Å². The maximum atomic E-state index is 11.6. The van der Waals surface area contributed by atoms with Crippen LogP contribution in [0.3, 0.4) is 0 Å². The minimum Gasteiger partial charge on any atom is -0.457 e. The first-order valence-electron chi connectivity index (χ1n) is 7.26. The van der Waals surface area contributed by atoms with E-state index < -0.39 is 23.1 Å². The minimum atomic E-state index is -0.520. The van der Waals surface area contributed by atoms with E-state index in [4.69, 9.17) is 9.47 Å². The van der Waals surface area contributed by atoms with Gasteiger partial charge in [-0.15, -0.1) is 0 Å². The van der Waals surface area contributed by atoms with E-state index in [9.17, 15) is 9.59 Å². The highest BCUT2D eigenvalue weighted by Gasteiger charge is 2.22. The van der Waals surface area contributed by atoms with Gasteiger partial charge in [0, 0.05) is 12.2 Å². The number of esters is 2. The maximum Gasteiger partial charge on any atom is 0.331 e. The molecule has 0 rings (SSSR count). The molecule has 0 bridgehead atoms. The molecule has 0 saturated heterocycles. The third kappa shape index (κ3) is 8.73. The highest BCUT2D eigenvalue weighted by molar-refractivity contribution is 5.91. The summed E-state index contributed by atoms with van der Waals surface area (Å²) in [4.78, 5) is 23.2. The SMILES string of the molecule is CCCC(C)(C)OC(=O)C=CC(=O)OC(C)(C)CCC. The third-order valence-corrected chi connectivity index (χ3v) is 2.81. The molecule has 0 aromatic rings. The Morgan fingerprint density at radius 3 is 1.35 bits per heavy atom. The van der Waals surface area contributed by atoms with Crippen molar-refractivity contribution in [1.82, 2.24) is 0 Å². The van der Waals surface area contributed by atoms with Gasteiger partial charge in [0.15, 0.2) is 0 Å². The highest BCUT2D eigenvalue weighted by Crippen LogP contribution is 2.18. The van der Waals surface area contributed by atoms with Gasteiger partial charge in [-0.3, -0.25) is 0 Å². The van der Waals surface area contributed by atoms with E-state index in [1.807, 2.05) is 41.5 Å². The van der Waals surface area contributed by atoms with Crippen molar-refractivity contribution in [3.8, 4) is 0 Å². The standard InChI is InChI=1S/C16H28O4/c1-7-11-15(3,4)19-13(17)9-10-14(18)20-16(5,6)12-8-2/h9-10H,7-8,11-12H2,1-6H3. The Kier molecular flexibility index (Phi) is 7.54. The summed E-state index contributed by atoms with van der Waals surface area (Å²) in [7, 11) is 0. The molecule has 0 atom stereocenters. The van der Waals surface area contributed by atoms with E-state index in [0.29, 0.717) is 0 Å². The summed E-state index contributed by atoms with van der Waals surface area (Å²) < 4.78 is 10.5. The lowest BCUT2D eigenvalue weighted by molar-refractivity contribution is -0.153. The maximum absolute atomic E-state index is 11.6. The Labute approximate surface area is 122 Å². The lowest BCUT2D eigenvalue weighted by Crippen LogP contribution is -2.28. The number of rotatable bonds is 8. The van der Waals surface area contributed by atoms with Crippen molar-refractivity contribution < 1.29 is 19.1 Å². The molecular weight excluding hydrogens is 256 g/mol. The Hall–Kier alpha value is -1.32. The van der Waals surface area contributed by atoms with Crippen molar-refractivity contribution in [2.75, 3.05) is 0 Å². The number of ether oxygens (including phenoxy) is 2. The minimum absolute atomic E-state index is 0.512. The number of carbonyl (C=O) groups is 2. The van der Waals surface area contributed by atoms with Gasteiger partial charge in [-0.25, -0.2) is 9.59 Å². The lowest BCUT2D eigenvalue weighted by atomic mass is 10.0. The molecule has 0 radical (unpaired) electrons. The Morgan fingerprint density at radius 2 is 1.10 bits per heavy atom. The zero-order chi connectivity index (χ0) is 15.8. The first-order chi connectivity index (χ1) is 9.12. The largest absolute Gasteiger partial charge is 0.457 e. The first kappa shape index (κ1) is 18.7. The third-order valence-electron chi connectivity index (χ3n) is 2.81. The Morgan fingerprint density at radius 1 is 0.800 bits per heavy atom. The van der Waals surface area contributed by atoms with Gasteiger partial charge in [-0.2, -0.15) is 0 Å². The molecule has 0 aromatic heterocycles. The van der Waals surface area contributed by atoms with Gasteiger partial charge in [0.2, 0.25) is 0 Å². The van der Waals surface area contributed by atoms with Crippen LogP contribution in [0.5, 0.6) is 0 Å². The number of hydrogen-bond acceptors (Lipinski definition) is 4. The van der Waals surface area contributed by atoms with E-state index in [1.54, 1.807) is 0 Å². The van der Waals surface area contributed by atoms with Crippen molar-refractivity contribution in [2.45, 2.75) is 78.4 Å². The number of hydrogen-bond donors (Lipinski definition) is 0. The zero-order valence-electron chi connectivity index (χ0n) is 13.6. The van der Waals surface area contributed by atoms with Crippen LogP contribution in [0, 0.1) is 0 Å². The van der Waals surface area contributed by atoms with Gasteiger partial charge >= 0.3 is 11.9 Å². The molecule has 0 amide bonds. The predicted molar refractivity (Wildman–Crippen MR) is 79.3 cm³/mol. The molecule has 0 aliphatic rings. The first-order valence-corrected chi connectivity index (χ1v) is 7.26. The van der Waals surface area contributed by atoms with Crippen molar-refractivity contribution in [3.63, 3.8) is 0 Å². The second kappa shape index (κ2) is 8.08. The quantitative estimate of drug-likeness (QED) is 0.502. The van der Waals surface area contributed by atoms with E-state index in [0.717, 1.165) is 37.8 Å². The van der Waals surface area contributed by atoms with E-state index in [2.05, 4.69) is 0 Å². The molecule has 0 saturated carbocycles. The molecule has 0 fully saturated rings. The van der Waals surface area contributed by atoms with Gasteiger partial charge in [0.1, 0.15) is 11.2 Å². The van der Waals surface area contributed by atoms with Gasteiger partial charge < -0.3 is 9.47 Å². The fraction of sp³-hybridized carbons (Fsp3) is 0.750. The molecular formula is C16H28O4. The van der Waals surface area contributed by atoms with Gasteiger partial charge in [0.05, 0.1) is 0 Å². The summed E-state index contributed by atoms with van der Waals surface area (Å²) in [6.07, 6.45) is 5.67. The molecule has 0 aliphatic carbocycles. The summed E-state index contributed by atoms with van der Waals surface area (Å²) in [5.74, 6) is -1.04. The van der Waals surface area contributed by atoms with Crippen LogP contribution in [0.15, 0.2) is 12.2 Å². The molecule has 116 valence electrons. The van der Waals surface area contributed by atoms with E-state index in [1.165, 1.54) is 0 Å². The van der Waals surface area contributed by atoms with Crippen LogP contribution in [-0.2, 0) is 19.1 Å². The molecule has 0 spiro atoms. The van der Waals surface area contributed by atoms with Gasteiger partial charge in [0.25, 0.3) is 0 Å². The lowest BCUT2D eigenvalue weighted by Gasteiger charge is -2.24. The number of carbonyl (C=O) groups excluding carboxylic acids is 2. The smallest absolute Gasteiger partial charge is 0.331 e. The van der Waals surface area contributed by atoms with Crippen LogP contribution in [0.25, 0.3) is 0 Å². The average molecular weight is 284 g/mol. The highest BCUT2D eigenvalue weighted by atomic mass is 16.6. The van der Waals surface area contributed by atoms with Crippen LogP contribution in [-0.4, -0.2) is 23.1 Å². The summed E-state index contributed by atoms with van der Waals surface area (Å²) in [6, 6.07) is 0. The summed E-state index contributed by atoms with van der Waals surface area (Å²) in [5, 5.41) is 0. The summed E-state index contributed by atoms with van der Waals surface area (Å²) >= 11 is 0. The van der Waals surface area contributed by atoms with Crippen LogP contribution in [0.2, 0.25) is 0 Å². The second-order valence-electron chi connectivity index (χ2n) is 6.19. The molecule has 0 N–H and O–H groups in total. The van der Waals surface area contributed by atoms with Gasteiger partial charge in [-0.05, 0) is 40.5 Å². The predicted octanol–water partition coefficient (Wildman–Crippen LogP) is 3.79. The van der Waals surface area contributed by atoms with Crippen LogP contribution in [0.1, 0.15) is 67.2 Å².